The van der Waals surface area contributed by atoms with Crippen LogP contribution in [0, 0.1) is 6.92 Å². The number of hydrogen-bond donors (Lipinski definition) is 2. The summed E-state index contributed by atoms with van der Waals surface area (Å²) in [5.74, 6) is 2.48. The summed E-state index contributed by atoms with van der Waals surface area (Å²) in [6.45, 7) is 6.54. The minimum absolute atomic E-state index is 0. The molecule has 2 aromatic rings. The predicted octanol–water partition coefficient (Wildman–Crippen LogP) is 3.77. The number of para-hydroxylation sites is 1. The maximum absolute atomic E-state index is 5.99. The Morgan fingerprint density at radius 3 is 2.41 bits per heavy atom. The lowest BCUT2D eigenvalue weighted by Gasteiger charge is -2.19. The topological polar surface area (TPSA) is 64.1 Å². The summed E-state index contributed by atoms with van der Waals surface area (Å²) >= 11 is 0. The van der Waals surface area contributed by atoms with Gasteiger partial charge in [-0.25, -0.2) is 0 Å². The average molecular weight is 513 g/mol. The van der Waals surface area contributed by atoms with Crippen LogP contribution in [0.1, 0.15) is 18.1 Å². The zero-order valence-corrected chi connectivity index (χ0v) is 19.9. The molecule has 0 radical (unpaired) electrons. The van der Waals surface area contributed by atoms with Gasteiger partial charge in [0.1, 0.15) is 24.2 Å². The number of halogens is 1. The van der Waals surface area contributed by atoms with Gasteiger partial charge in [0.25, 0.3) is 0 Å². The lowest BCUT2D eigenvalue weighted by Crippen LogP contribution is -2.41. The number of hydrogen-bond acceptors (Lipinski definition) is 4. The van der Waals surface area contributed by atoms with E-state index in [2.05, 4.69) is 15.6 Å². The molecule has 0 saturated heterocycles. The van der Waals surface area contributed by atoms with Crippen LogP contribution in [0.3, 0.4) is 0 Å². The first-order chi connectivity index (χ1) is 13.6. The van der Waals surface area contributed by atoms with Gasteiger partial charge >= 0.3 is 0 Å². The molecule has 7 heteroatoms. The Morgan fingerprint density at radius 1 is 1.03 bits per heavy atom. The van der Waals surface area contributed by atoms with Crippen molar-refractivity contribution in [2.75, 3.05) is 33.9 Å². The molecule has 2 N–H and O–H groups in total. The zero-order chi connectivity index (χ0) is 20.2. The fourth-order valence-electron chi connectivity index (χ4n) is 2.54. The monoisotopic (exact) mass is 513 g/mol. The van der Waals surface area contributed by atoms with Gasteiger partial charge in [0.05, 0.1) is 13.2 Å². The summed E-state index contributed by atoms with van der Waals surface area (Å²) in [4.78, 5) is 4.27. The van der Waals surface area contributed by atoms with E-state index in [0.717, 1.165) is 28.6 Å². The van der Waals surface area contributed by atoms with Gasteiger partial charge in [-0.3, -0.25) is 4.99 Å². The Bertz CT molecular complexity index is 738. The molecule has 1 atom stereocenters. The molecule has 29 heavy (non-hydrogen) atoms. The number of ether oxygens (including phenoxy) is 3. The summed E-state index contributed by atoms with van der Waals surface area (Å²) in [5.41, 5.74) is 2.28. The third kappa shape index (κ3) is 9.36. The Kier molecular flexibility index (Phi) is 12.1. The lowest BCUT2D eigenvalue weighted by atomic mass is 10.2. The van der Waals surface area contributed by atoms with Gasteiger partial charge in [0.15, 0.2) is 5.96 Å². The van der Waals surface area contributed by atoms with Crippen molar-refractivity contribution in [3.8, 4) is 11.5 Å². The highest BCUT2D eigenvalue weighted by atomic mass is 127. The van der Waals surface area contributed by atoms with E-state index in [1.807, 2.05) is 62.4 Å². The van der Waals surface area contributed by atoms with Crippen molar-refractivity contribution in [2.45, 2.75) is 26.5 Å². The van der Waals surface area contributed by atoms with E-state index in [1.165, 1.54) is 0 Å². The van der Waals surface area contributed by atoms with Crippen LogP contribution in [-0.4, -0.2) is 46.0 Å². The van der Waals surface area contributed by atoms with E-state index in [9.17, 15) is 0 Å². The molecule has 0 bridgehead atoms. The van der Waals surface area contributed by atoms with Crippen LogP contribution in [0.25, 0.3) is 0 Å². The molecule has 0 spiro atoms. The minimum Gasteiger partial charge on any atom is -0.491 e. The molecule has 0 heterocycles. The van der Waals surface area contributed by atoms with Crippen LogP contribution < -0.4 is 20.1 Å². The van der Waals surface area contributed by atoms with E-state index in [-0.39, 0.29) is 30.1 Å². The third-order valence-electron chi connectivity index (χ3n) is 4.14. The maximum Gasteiger partial charge on any atom is 0.191 e. The largest absolute Gasteiger partial charge is 0.491 e. The second kappa shape index (κ2) is 14.1. The van der Waals surface area contributed by atoms with E-state index >= 15 is 0 Å². The number of aryl methyl sites for hydroxylation is 1. The van der Waals surface area contributed by atoms with Gasteiger partial charge in [-0.1, -0.05) is 30.3 Å². The summed E-state index contributed by atoms with van der Waals surface area (Å²) < 4.78 is 16.5. The van der Waals surface area contributed by atoms with Crippen molar-refractivity contribution >= 4 is 29.9 Å². The standard InChI is InChI=1S/C22H31N3O3.HI/c1-17-7-5-6-8-21(17)28-18(2)15-24-22(23-3)25-16-19-9-11-20(12-10-19)27-14-13-26-4;/h5-12,18H,13-16H2,1-4H3,(H2,23,24,25);1H. The SMILES string of the molecule is CN=C(NCc1ccc(OCCOC)cc1)NCC(C)Oc1ccccc1C.I. The molecule has 6 nitrogen and oxygen atoms in total. The molecule has 0 fully saturated rings. The van der Waals surface area contributed by atoms with Gasteiger partial charge < -0.3 is 24.8 Å². The summed E-state index contributed by atoms with van der Waals surface area (Å²) in [7, 11) is 3.42. The maximum atomic E-state index is 5.99. The van der Waals surface area contributed by atoms with Crippen molar-refractivity contribution in [1.29, 1.82) is 0 Å². The molecular formula is C22H32IN3O3. The van der Waals surface area contributed by atoms with Crippen molar-refractivity contribution in [2.24, 2.45) is 4.99 Å². The van der Waals surface area contributed by atoms with Crippen LogP contribution in [0.15, 0.2) is 53.5 Å². The summed E-state index contributed by atoms with van der Waals surface area (Å²) in [5, 5.41) is 6.61. The molecule has 0 aliphatic rings. The zero-order valence-electron chi connectivity index (χ0n) is 17.6. The Morgan fingerprint density at radius 2 is 1.76 bits per heavy atom. The normalized spacial score (nSPS) is 11.9. The number of nitrogens with one attached hydrogen (secondary N) is 2. The summed E-state index contributed by atoms with van der Waals surface area (Å²) in [6, 6.07) is 16.0. The average Bonchev–Trinajstić information content (AvgIpc) is 2.71. The van der Waals surface area contributed by atoms with Crippen LogP contribution in [-0.2, 0) is 11.3 Å². The number of guanidine groups is 1. The number of aliphatic imine (C=N–C) groups is 1. The van der Waals surface area contributed by atoms with E-state index in [1.54, 1.807) is 14.2 Å². The predicted molar refractivity (Wildman–Crippen MR) is 129 cm³/mol. The van der Waals surface area contributed by atoms with Crippen molar-refractivity contribution in [3.63, 3.8) is 0 Å². The highest BCUT2D eigenvalue weighted by Gasteiger charge is 2.07. The molecule has 0 aromatic heterocycles. The van der Waals surface area contributed by atoms with Crippen LogP contribution in [0.5, 0.6) is 11.5 Å². The van der Waals surface area contributed by atoms with E-state index < -0.39 is 0 Å². The number of methoxy groups -OCH3 is 1. The van der Waals surface area contributed by atoms with Gasteiger partial charge in [0, 0.05) is 20.7 Å². The molecule has 0 saturated carbocycles. The number of nitrogens with zero attached hydrogens (tertiary/aromatic N) is 1. The van der Waals surface area contributed by atoms with Gasteiger partial charge in [0.2, 0.25) is 0 Å². The molecule has 0 aliphatic heterocycles. The molecule has 2 rings (SSSR count). The third-order valence-corrected chi connectivity index (χ3v) is 4.14. The first-order valence-electron chi connectivity index (χ1n) is 9.50. The van der Waals surface area contributed by atoms with Crippen molar-refractivity contribution < 1.29 is 14.2 Å². The highest BCUT2D eigenvalue weighted by molar-refractivity contribution is 14.0. The second-order valence-electron chi connectivity index (χ2n) is 6.49. The molecule has 2 aromatic carbocycles. The first-order valence-corrected chi connectivity index (χ1v) is 9.50. The van der Waals surface area contributed by atoms with Gasteiger partial charge in [-0.05, 0) is 43.2 Å². The van der Waals surface area contributed by atoms with Crippen molar-refractivity contribution in [1.82, 2.24) is 10.6 Å². The summed E-state index contributed by atoms with van der Waals surface area (Å²) in [6.07, 6.45) is 0.0168. The van der Waals surface area contributed by atoms with Gasteiger partial charge in [-0.15, -0.1) is 24.0 Å². The fraction of sp³-hybridized carbons (Fsp3) is 0.409. The number of rotatable bonds is 10. The smallest absolute Gasteiger partial charge is 0.191 e. The van der Waals surface area contributed by atoms with Gasteiger partial charge in [-0.2, -0.15) is 0 Å². The Labute approximate surface area is 191 Å². The molecular weight excluding hydrogens is 481 g/mol. The Hall–Kier alpha value is -2.00. The highest BCUT2D eigenvalue weighted by Crippen LogP contribution is 2.17. The van der Waals surface area contributed by atoms with Crippen molar-refractivity contribution in [3.05, 3.63) is 59.7 Å². The van der Waals surface area contributed by atoms with E-state index in [4.69, 9.17) is 14.2 Å². The van der Waals surface area contributed by atoms with E-state index in [0.29, 0.717) is 26.3 Å². The molecule has 0 amide bonds. The number of benzene rings is 2. The molecule has 160 valence electrons. The molecule has 1 unspecified atom stereocenters. The Balaban J connectivity index is 0.00000420. The lowest BCUT2D eigenvalue weighted by molar-refractivity contribution is 0.146. The quantitative estimate of drug-likeness (QED) is 0.219. The van der Waals surface area contributed by atoms with Crippen LogP contribution >= 0.6 is 24.0 Å². The second-order valence-corrected chi connectivity index (χ2v) is 6.49. The molecule has 0 aliphatic carbocycles. The fourth-order valence-corrected chi connectivity index (χ4v) is 2.54. The minimum atomic E-state index is 0. The van der Waals surface area contributed by atoms with Crippen LogP contribution in [0.2, 0.25) is 0 Å². The first kappa shape index (κ1) is 25.0. The van der Waals surface area contributed by atoms with Crippen LogP contribution in [0.4, 0.5) is 0 Å².